The summed E-state index contributed by atoms with van der Waals surface area (Å²) in [5.41, 5.74) is 0. The molecule has 1 heteroatoms. The van der Waals surface area contributed by atoms with Crippen LogP contribution in [0.2, 0.25) is 0 Å². The minimum absolute atomic E-state index is 0.771. The van der Waals surface area contributed by atoms with E-state index in [0.29, 0.717) is 0 Å². The second-order valence-electron chi connectivity index (χ2n) is 4.41. The van der Waals surface area contributed by atoms with Gasteiger partial charge in [0.1, 0.15) is 0 Å². The SMILES string of the molecule is CCCNC(CCC)CCC(C)C. The van der Waals surface area contributed by atoms with Gasteiger partial charge in [0, 0.05) is 6.04 Å². The van der Waals surface area contributed by atoms with Crippen molar-refractivity contribution in [1.82, 2.24) is 5.32 Å². The normalized spacial score (nSPS) is 13.6. The maximum absolute atomic E-state index is 3.63. The van der Waals surface area contributed by atoms with E-state index in [1.807, 2.05) is 0 Å². The van der Waals surface area contributed by atoms with Crippen molar-refractivity contribution in [1.29, 1.82) is 0 Å². The van der Waals surface area contributed by atoms with Crippen LogP contribution in [0.15, 0.2) is 0 Å². The van der Waals surface area contributed by atoms with Crippen LogP contribution < -0.4 is 5.32 Å². The predicted octanol–water partition coefficient (Wildman–Crippen LogP) is 3.59. The van der Waals surface area contributed by atoms with E-state index in [1.165, 1.54) is 38.6 Å². The molecule has 0 radical (unpaired) electrons. The summed E-state index contributed by atoms with van der Waals surface area (Å²) < 4.78 is 0. The highest BCUT2D eigenvalue weighted by atomic mass is 14.9. The molecule has 0 saturated heterocycles. The first-order valence-electron chi connectivity index (χ1n) is 5.94. The molecule has 0 fully saturated rings. The lowest BCUT2D eigenvalue weighted by Crippen LogP contribution is -2.29. The Morgan fingerprint density at radius 2 is 1.62 bits per heavy atom. The molecular weight excluding hydrogens is 158 g/mol. The molecule has 1 unspecified atom stereocenters. The van der Waals surface area contributed by atoms with Crippen molar-refractivity contribution in [2.75, 3.05) is 6.54 Å². The van der Waals surface area contributed by atoms with Gasteiger partial charge in [-0.3, -0.25) is 0 Å². The zero-order valence-corrected chi connectivity index (χ0v) is 9.90. The van der Waals surface area contributed by atoms with Crippen LogP contribution >= 0.6 is 0 Å². The van der Waals surface area contributed by atoms with Crippen molar-refractivity contribution in [3.8, 4) is 0 Å². The van der Waals surface area contributed by atoms with Crippen LogP contribution in [0, 0.1) is 5.92 Å². The molecule has 0 saturated carbocycles. The Morgan fingerprint density at radius 1 is 0.923 bits per heavy atom. The molecule has 13 heavy (non-hydrogen) atoms. The van der Waals surface area contributed by atoms with Crippen molar-refractivity contribution in [2.24, 2.45) is 5.92 Å². The molecule has 0 amide bonds. The Kier molecular flexibility index (Phi) is 8.53. The summed E-state index contributed by atoms with van der Waals surface area (Å²) in [6.07, 6.45) is 6.61. The number of rotatable bonds is 8. The first kappa shape index (κ1) is 13.0. The second-order valence-corrected chi connectivity index (χ2v) is 4.41. The molecule has 0 spiro atoms. The number of nitrogens with one attached hydrogen (secondary N) is 1. The molecule has 0 aromatic rings. The summed E-state index contributed by atoms with van der Waals surface area (Å²) in [6, 6.07) is 0.771. The highest BCUT2D eigenvalue weighted by Crippen LogP contribution is 2.10. The molecule has 0 aliphatic rings. The number of hydrogen-bond donors (Lipinski definition) is 1. The maximum atomic E-state index is 3.63. The van der Waals surface area contributed by atoms with Crippen LogP contribution in [0.3, 0.4) is 0 Å². The van der Waals surface area contributed by atoms with E-state index in [0.717, 1.165) is 12.0 Å². The third-order valence-electron chi connectivity index (χ3n) is 2.41. The van der Waals surface area contributed by atoms with Crippen molar-refractivity contribution in [2.45, 2.75) is 65.8 Å². The molecule has 0 aromatic heterocycles. The van der Waals surface area contributed by atoms with E-state index in [-0.39, 0.29) is 0 Å². The largest absolute Gasteiger partial charge is 0.314 e. The summed E-state index contributed by atoms with van der Waals surface area (Å²) in [6.45, 7) is 10.3. The van der Waals surface area contributed by atoms with Crippen LogP contribution in [0.5, 0.6) is 0 Å². The average Bonchev–Trinajstić information content (AvgIpc) is 2.09. The zero-order valence-electron chi connectivity index (χ0n) is 9.90. The van der Waals surface area contributed by atoms with Gasteiger partial charge in [-0.05, 0) is 38.1 Å². The quantitative estimate of drug-likeness (QED) is 0.609. The highest BCUT2D eigenvalue weighted by molar-refractivity contribution is 4.66. The van der Waals surface area contributed by atoms with Crippen LogP contribution in [-0.2, 0) is 0 Å². The van der Waals surface area contributed by atoms with E-state index in [9.17, 15) is 0 Å². The van der Waals surface area contributed by atoms with Crippen molar-refractivity contribution in [3.63, 3.8) is 0 Å². The first-order chi connectivity index (χ1) is 6.20. The lowest BCUT2D eigenvalue weighted by Gasteiger charge is -2.18. The van der Waals surface area contributed by atoms with E-state index < -0.39 is 0 Å². The lowest BCUT2D eigenvalue weighted by atomic mass is 10.0. The Labute approximate surface area is 84.3 Å². The smallest absolute Gasteiger partial charge is 0.00670 e. The minimum atomic E-state index is 0.771. The predicted molar refractivity (Wildman–Crippen MR) is 61.1 cm³/mol. The summed E-state index contributed by atoms with van der Waals surface area (Å²) in [5.74, 6) is 0.850. The summed E-state index contributed by atoms with van der Waals surface area (Å²) >= 11 is 0. The highest BCUT2D eigenvalue weighted by Gasteiger charge is 2.06. The van der Waals surface area contributed by atoms with Gasteiger partial charge in [0.2, 0.25) is 0 Å². The van der Waals surface area contributed by atoms with Gasteiger partial charge in [-0.25, -0.2) is 0 Å². The van der Waals surface area contributed by atoms with Gasteiger partial charge < -0.3 is 5.32 Å². The van der Waals surface area contributed by atoms with Crippen LogP contribution in [0.25, 0.3) is 0 Å². The fourth-order valence-corrected chi connectivity index (χ4v) is 1.58. The average molecular weight is 185 g/mol. The summed E-state index contributed by atoms with van der Waals surface area (Å²) in [7, 11) is 0. The lowest BCUT2D eigenvalue weighted by molar-refractivity contribution is 0.407. The summed E-state index contributed by atoms with van der Waals surface area (Å²) in [5, 5.41) is 3.63. The Bertz CT molecular complexity index is 99.3. The Hall–Kier alpha value is -0.0400. The van der Waals surface area contributed by atoms with Gasteiger partial charge in [0.25, 0.3) is 0 Å². The monoisotopic (exact) mass is 185 g/mol. The van der Waals surface area contributed by atoms with Gasteiger partial charge in [-0.2, -0.15) is 0 Å². The molecule has 0 rings (SSSR count). The first-order valence-corrected chi connectivity index (χ1v) is 5.94. The molecule has 1 N–H and O–H groups in total. The standard InChI is InChI=1S/C12H27N/c1-5-7-12(13-10-6-2)9-8-11(3)4/h11-13H,5-10H2,1-4H3. The van der Waals surface area contributed by atoms with E-state index in [4.69, 9.17) is 0 Å². The molecule has 0 aliphatic heterocycles. The van der Waals surface area contributed by atoms with Gasteiger partial charge in [-0.15, -0.1) is 0 Å². The van der Waals surface area contributed by atoms with Crippen molar-refractivity contribution < 1.29 is 0 Å². The Morgan fingerprint density at radius 3 is 2.08 bits per heavy atom. The maximum Gasteiger partial charge on any atom is 0.00670 e. The fourth-order valence-electron chi connectivity index (χ4n) is 1.58. The fraction of sp³-hybridized carbons (Fsp3) is 1.00. The number of hydrogen-bond acceptors (Lipinski definition) is 1. The third-order valence-corrected chi connectivity index (χ3v) is 2.41. The van der Waals surface area contributed by atoms with Crippen LogP contribution in [0.1, 0.15) is 59.8 Å². The van der Waals surface area contributed by atoms with Gasteiger partial charge in [0.05, 0.1) is 0 Å². The molecule has 0 aliphatic carbocycles. The van der Waals surface area contributed by atoms with Gasteiger partial charge in [0.15, 0.2) is 0 Å². The third kappa shape index (κ3) is 8.29. The van der Waals surface area contributed by atoms with E-state index in [1.54, 1.807) is 0 Å². The summed E-state index contributed by atoms with van der Waals surface area (Å²) in [4.78, 5) is 0. The van der Waals surface area contributed by atoms with Crippen LogP contribution in [-0.4, -0.2) is 12.6 Å². The molecule has 0 bridgehead atoms. The van der Waals surface area contributed by atoms with Crippen molar-refractivity contribution >= 4 is 0 Å². The van der Waals surface area contributed by atoms with E-state index >= 15 is 0 Å². The van der Waals surface area contributed by atoms with Gasteiger partial charge >= 0.3 is 0 Å². The van der Waals surface area contributed by atoms with Crippen molar-refractivity contribution in [3.05, 3.63) is 0 Å². The molecule has 80 valence electrons. The molecule has 0 heterocycles. The topological polar surface area (TPSA) is 12.0 Å². The molecule has 1 atom stereocenters. The Balaban J connectivity index is 3.53. The van der Waals surface area contributed by atoms with Crippen LogP contribution in [0.4, 0.5) is 0 Å². The zero-order chi connectivity index (χ0) is 10.1. The molecular formula is C12H27N. The van der Waals surface area contributed by atoms with Gasteiger partial charge in [-0.1, -0.05) is 34.1 Å². The van der Waals surface area contributed by atoms with E-state index in [2.05, 4.69) is 33.0 Å². The minimum Gasteiger partial charge on any atom is -0.314 e. The molecule has 0 aromatic carbocycles. The second kappa shape index (κ2) is 8.55. The molecule has 1 nitrogen and oxygen atoms in total.